The summed E-state index contributed by atoms with van der Waals surface area (Å²) in [6.45, 7) is -2.64. The van der Waals surface area contributed by atoms with Crippen molar-refractivity contribution in [2.45, 2.75) is 13.0 Å². The third-order valence-corrected chi connectivity index (χ3v) is 2.28. The third kappa shape index (κ3) is 1.95. The average Bonchev–Trinajstić information content (AvgIpc) is 2.15. The molecule has 0 unspecified atom stereocenters. The van der Waals surface area contributed by atoms with Crippen LogP contribution in [0, 0.1) is 5.82 Å². The number of ether oxygens (including phenoxy) is 1. The number of carbonyl (C=O) groups is 1. The van der Waals surface area contributed by atoms with Crippen molar-refractivity contribution in [3.63, 3.8) is 0 Å². The molecule has 1 aromatic carbocycles. The van der Waals surface area contributed by atoms with E-state index < -0.39 is 18.3 Å². The normalized spacial score (nSPS) is 14.6. The van der Waals surface area contributed by atoms with Crippen molar-refractivity contribution in [1.82, 2.24) is 5.32 Å². The lowest BCUT2D eigenvalue weighted by molar-refractivity contribution is -0.0500. The van der Waals surface area contributed by atoms with E-state index >= 15 is 0 Å². The molecule has 86 valence electrons. The molecule has 0 atom stereocenters. The molecule has 0 radical (unpaired) electrons. The van der Waals surface area contributed by atoms with E-state index in [9.17, 15) is 18.0 Å². The highest BCUT2D eigenvalue weighted by atomic mass is 19.3. The van der Waals surface area contributed by atoms with Crippen molar-refractivity contribution < 1.29 is 22.7 Å². The van der Waals surface area contributed by atoms with Gasteiger partial charge in [0.05, 0.1) is 5.56 Å². The molecule has 3 nitrogen and oxygen atoms in total. The van der Waals surface area contributed by atoms with Gasteiger partial charge in [-0.3, -0.25) is 4.79 Å². The summed E-state index contributed by atoms with van der Waals surface area (Å²) in [6.07, 6.45) is 0.401. The largest absolute Gasteiger partial charge is 0.435 e. The van der Waals surface area contributed by atoms with Crippen LogP contribution >= 0.6 is 0 Å². The number of hydrogen-bond donors (Lipinski definition) is 1. The van der Waals surface area contributed by atoms with Gasteiger partial charge in [0.2, 0.25) is 0 Å². The van der Waals surface area contributed by atoms with Gasteiger partial charge < -0.3 is 10.1 Å². The van der Waals surface area contributed by atoms with Gasteiger partial charge in [-0.25, -0.2) is 4.39 Å². The Balaban J connectivity index is 2.41. The van der Waals surface area contributed by atoms with Crippen LogP contribution in [0.25, 0.3) is 0 Å². The molecule has 0 aromatic heterocycles. The van der Waals surface area contributed by atoms with Gasteiger partial charge in [0, 0.05) is 12.6 Å². The highest BCUT2D eigenvalue weighted by molar-refractivity contribution is 5.97. The minimum atomic E-state index is -3.00. The molecule has 0 saturated heterocycles. The lowest BCUT2D eigenvalue weighted by Gasteiger charge is -2.18. The molecule has 1 aromatic rings. The molecule has 1 amide bonds. The van der Waals surface area contributed by atoms with Gasteiger partial charge in [-0.15, -0.1) is 0 Å². The predicted molar refractivity (Wildman–Crippen MR) is 49.1 cm³/mol. The SMILES string of the molecule is O=C1NCCc2cc(OC(F)F)cc(F)c21. The number of alkyl halides is 2. The Hall–Kier alpha value is -1.72. The Morgan fingerprint density at radius 1 is 1.38 bits per heavy atom. The molecule has 16 heavy (non-hydrogen) atoms. The molecule has 1 aliphatic heterocycles. The first-order valence-electron chi connectivity index (χ1n) is 4.63. The van der Waals surface area contributed by atoms with Gasteiger partial charge in [0.25, 0.3) is 5.91 Å². The second kappa shape index (κ2) is 4.03. The summed E-state index contributed by atoms with van der Waals surface area (Å²) < 4.78 is 41.4. The Morgan fingerprint density at radius 2 is 2.12 bits per heavy atom. The quantitative estimate of drug-likeness (QED) is 0.841. The maximum Gasteiger partial charge on any atom is 0.387 e. The minimum Gasteiger partial charge on any atom is -0.435 e. The highest BCUT2D eigenvalue weighted by Crippen LogP contribution is 2.25. The van der Waals surface area contributed by atoms with Crippen LogP contribution in [-0.4, -0.2) is 19.1 Å². The monoisotopic (exact) mass is 231 g/mol. The van der Waals surface area contributed by atoms with E-state index in [4.69, 9.17) is 0 Å². The van der Waals surface area contributed by atoms with Gasteiger partial charge in [0.15, 0.2) is 0 Å². The fourth-order valence-electron chi connectivity index (χ4n) is 1.66. The number of hydrogen-bond acceptors (Lipinski definition) is 2. The van der Waals surface area contributed by atoms with E-state index in [0.29, 0.717) is 18.5 Å². The van der Waals surface area contributed by atoms with Crippen LogP contribution in [-0.2, 0) is 6.42 Å². The summed E-state index contributed by atoms with van der Waals surface area (Å²) in [4.78, 5) is 11.3. The van der Waals surface area contributed by atoms with Crippen LogP contribution in [0.1, 0.15) is 15.9 Å². The van der Waals surface area contributed by atoms with Crippen LogP contribution < -0.4 is 10.1 Å². The topological polar surface area (TPSA) is 38.3 Å². The second-order valence-corrected chi connectivity index (χ2v) is 3.32. The number of fused-ring (bicyclic) bond motifs is 1. The van der Waals surface area contributed by atoms with Crippen LogP contribution in [0.3, 0.4) is 0 Å². The third-order valence-electron chi connectivity index (χ3n) is 2.28. The lowest BCUT2D eigenvalue weighted by Crippen LogP contribution is -2.32. The predicted octanol–water partition coefficient (Wildman–Crippen LogP) is 1.71. The fraction of sp³-hybridized carbons (Fsp3) is 0.300. The molecular weight excluding hydrogens is 223 g/mol. The number of nitrogens with one attached hydrogen (secondary N) is 1. The standard InChI is InChI=1S/C10H8F3NO2/c11-7-4-6(16-10(12)13)3-5-1-2-14-9(15)8(5)7/h3-4,10H,1-2H2,(H,14,15). The zero-order valence-corrected chi connectivity index (χ0v) is 8.10. The maximum absolute atomic E-state index is 13.4. The molecule has 1 aliphatic rings. The summed E-state index contributed by atoms with van der Waals surface area (Å²) in [5, 5.41) is 2.47. The number of halogens is 3. The Morgan fingerprint density at radius 3 is 2.81 bits per heavy atom. The summed E-state index contributed by atoms with van der Waals surface area (Å²) in [5.74, 6) is -1.63. The van der Waals surface area contributed by atoms with Gasteiger partial charge in [-0.1, -0.05) is 0 Å². The summed E-state index contributed by atoms with van der Waals surface area (Å²) >= 11 is 0. The first-order valence-corrected chi connectivity index (χ1v) is 4.63. The Labute approximate surface area is 89.2 Å². The van der Waals surface area contributed by atoms with Crippen molar-refractivity contribution in [1.29, 1.82) is 0 Å². The van der Waals surface area contributed by atoms with Gasteiger partial charge in [0.1, 0.15) is 11.6 Å². The van der Waals surface area contributed by atoms with Gasteiger partial charge >= 0.3 is 6.61 Å². The zero-order valence-electron chi connectivity index (χ0n) is 8.10. The van der Waals surface area contributed by atoms with Crippen LogP contribution in [0.4, 0.5) is 13.2 Å². The molecule has 0 fully saturated rings. The second-order valence-electron chi connectivity index (χ2n) is 3.32. The average molecular weight is 231 g/mol. The first kappa shape index (κ1) is 10.8. The van der Waals surface area contributed by atoms with Crippen molar-refractivity contribution in [2.24, 2.45) is 0 Å². The van der Waals surface area contributed by atoms with E-state index in [1.807, 2.05) is 0 Å². The highest BCUT2D eigenvalue weighted by Gasteiger charge is 2.22. The lowest BCUT2D eigenvalue weighted by atomic mass is 9.99. The molecule has 0 spiro atoms. The minimum absolute atomic E-state index is 0.0899. The van der Waals surface area contributed by atoms with Gasteiger partial charge in [-0.2, -0.15) is 8.78 Å². The summed E-state index contributed by atoms with van der Waals surface area (Å²) in [7, 11) is 0. The molecule has 0 bridgehead atoms. The zero-order chi connectivity index (χ0) is 11.7. The number of amides is 1. The Kier molecular flexibility index (Phi) is 2.72. The Bertz CT molecular complexity index is 434. The maximum atomic E-state index is 13.4. The fourth-order valence-corrected chi connectivity index (χ4v) is 1.66. The van der Waals surface area contributed by atoms with E-state index in [1.54, 1.807) is 0 Å². The van der Waals surface area contributed by atoms with Crippen LogP contribution in [0.2, 0.25) is 0 Å². The molecule has 2 rings (SSSR count). The van der Waals surface area contributed by atoms with Crippen molar-refractivity contribution >= 4 is 5.91 Å². The number of carbonyl (C=O) groups excluding carboxylic acids is 1. The smallest absolute Gasteiger partial charge is 0.387 e. The van der Waals surface area contributed by atoms with Crippen LogP contribution in [0.15, 0.2) is 12.1 Å². The number of benzene rings is 1. The van der Waals surface area contributed by atoms with Crippen molar-refractivity contribution in [3.8, 4) is 5.75 Å². The van der Waals surface area contributed by atoms with E-state index in [-0.39, 0.29) is 11.3 Å². The van der Waals surface area contributed by atoms with Gasteiger partial charge in [-0.05, 0) is 18.1 Å². The van der Waals surface area contributed by atoms with Crippen molar-refractivity contribution in [2.75, 3.05) is 6.54 Å². The van der Waals surface area contributed by atoms with Crippen LogP contribution in [0.5, 0.6) is 5.75 Å². The molecule has 6 heteroatoms. The van der Waals surface area contributed by atoms with Crippen molar-refractivity contribution in [3.05, 3.63) is 29.1 Å². The molecule has 0 saturated carbocycles. The first-order chi connectivity index (χ1) is 7.58. The molecule has 1 heterocycles. The number of rotatable bonds is 2. The molecular formula is C10H8F3NO2. The summed E-state index contributed by atoms with van der Waals surface area (Å²) in [5.41, 5.74) is 0.298. The van der Waals surface area contributed by atoms with E-state index in [2.05, 4.69) is 10.1 Å². The summed E-state index contributed by atoms with van der Waals surface area (Å²) in [6, 6.07) is 2.05. The molecule has 1 N–H and O–H groups in total. The van der Waals surface area contributed by atoms with E-state index in [1.165, 1.54) is 6.07 Å². The molecule has 0 aliphatic carbocycles. The van der Waals surface area contributed by atoms with E-state index in [0.717, 1.165) is 6.07 Å².